The third-order valence-corrected chi connectivity index (χ3v) is 2.72. The second-order valence-corrected chi connectivity index (χ2v) is 4.48. The van der Waals surface area contributed by atoms with Crippen LogP contribution < -0.4 is 5.32 Å². The summed E-state index contributed by atoms with van der Waals surface area (Å²) in [4.78, 5) is 0. The van der Waals surface area contributed by atoms with Gasteiger partial charge in [-0.2, -0.15) is 0 Å². The van der Waals surface area contributed by atoms with Crippen molar-refractivity contribution in [3.63, 3.8) is 0 Å². The maximum absolute atomic E-state index is 10.1. The molecule has 1 aromatic carbocycles. The molecule has 90 valence electrons. The molecule has 0 heterocycles. The fourth-order valence-corrected chi connectivity index (χ4v) is 1.77. The Morgan fingerprint density at radius 3 is 2.62 bits per heavy atom. The van der Waals surface area contributed by atoms with Gasteiger partial charge in [-0.05, 0) is 31.5 Å². The van der Waals surface area contributed by atoms with E-state index in [1.807, 2.05) is 26.0 Å². The van der Waals surface area contributed by atoms with Crippen LogP contribution in [0.25, 0.3) is 0 Å². The average molecular weight is 244 g/mol. The highest BCUT2D eigenvalue weighted by Crippen LogP contribution is 2.20. The van der Waals surface area contributed by atoms with Gasteiger partial charge in [0.15, 0.2) is 0 Å². The molecule has 0 radical (unpaired) electrons. The minimum absolute atomic E-state index is 0.0381. The van der Waals surface area contributed by atoms with Crippen molar-refractivity contribution in [1.82, 2.24) is 5.32 Å². The number of aliphatic hydroxyl groups excluding tert-OH is 2. The van der Waals surface area contributed by atoms with Crippen molar-refractivity contribution < 1.29 is 10.2 Å². The number of hydrogen-bond acceptors (Lipinski definition) is 3. The molecule has 0 fully saturated rings. The molecular formula is C12H18ClNO2. The number of rotatable bonds is 5. The largest absolute Gasteiger partial charge is 0.395 e. The van der Waals surface area contributed by atoms with Crippen molar-refractivity contribution >= 4 is 11.6 Å². The molecule has 16 heavy (non-hydrogen) atoms. The molecule has 0 aromatic heterocycles. The maximum atomic E-state index is 10.1. The smallest absolute Gasteiger partial charge is 0.0940 e. The van der Waals surface area contributed by atoms with Gasteiger partial charge >= 0.3 is 0 Å². The first-order chi connectivity index (χ1) is 7.54. The standard InChI is InChI=1S/C12H18ClNO2/c1-8(7-15)14-9(2)12(16)10-4-3-5-11(13)6-10/h3-6,8-9,12,14-16H,7H2,1-2H3/t8?,9-,12-/m0/s1. The van der Waals surface area contributed by atoms with Crippen LogP contribution in [0.1, 0.15) is 25.5 Å². The summed E-state index contributed by atoms with van der Waals surface area (Å²) in [7, 11) is 0. The van der Waals surface area contributed by atoms with Gasteiger partial charge in [-0.15, -0.1) is 0 Å². The predicted molar refractivity (Wildman–Crippen MR) is 65.6 cm³/mol. The highest BCUT2D eigenvalue weighted by molar-refractivity contribution is 6.30. The Morgan fingerprint density at radius 1 is 1.38 bits per heavy atom. The number of hydrogen-bond donors (Lipinski definition) is 3. The van der Waals surface area contributed by atoms with Crippen molar-refractivity contribution in [2.45, 2.75) is 32.0 Å². The zero-order valence-electron chi connectivity index (χ0n) is 9.52. The number of nitrogens with one attached hydrogen (secondary N) is 1. The predicted octanol–water partition coefficient (Wildman–Crippen LogP) is 1.73. The quantitative estimate of drug-likeness (QED) is 0.738. The van der Waals surface area contributed by atoms with Crippen LogP contribution >= 0.6 is 11.6 Å². The van der Waals surface area contributed by atoms with E-state index in [0.717, 1.165) is 5.56 Å². The topological polar surface area (TPSA) is 52.5 Å². The van der Waals surface area contributed by atoms with Gasteiger partial charge in [-0.1, -0.05) is 23.7 Å². The molecule has 0 aliphatic carbocycles. The molecule has 0 aliphatic heterocycles. The molecule has 3 nitrogen and oxygen atoms in total. The van der Waals surface area contributed by atoms with Gasteiger partial charge in [0, 0.05) is 17.1 Å². The van der Waals surface area contributed by atoms with Crippen molar-refractivity contribution in [3.05, 3.63) is 34.9 Å². The Hall–Kier alpha value is -0.610. The lowest BCUT2D eigenvalue weighted by atomic mass is 10.0. The van der Waals surface area contributed by atoms with E-state index >= 15 is 0 Å². The molecule has 3 N–H and O–H groups in total. The van der Waals surface area contributed by atoms with Crippen LogP contribution in [-0.4, -0.2) is 28.9 Å². The monoisotopic (exact) mass is 243 g/mol. The molecule has 0 saturated carbocycles. The zero-order valence-corrected chi connectivity index (χ0v) is 10.3. The molecule has 0 bridgehead atoms. The maximum Gasteiger partial charge on any atom is 0.0940 e. The number of aliphatic hydroxyl groups is 2. The van der Waals surface area contributed by atoms with E-state index in [9.17, 15) is 5.11 Å². The summed E-state index contributed by atoms with van der Waals surface area (Å²) in [6.07, 6.45) is -0.632. The van der Waals surface area contributed by atoms with Crippen LogP contribution in [0.3, 0.4) is 0 Å². The summed E-state index contributed by atoms with van der Waals surface area (Å²) in [5.74, 6) is 0. The van der Waals surface area contributed by atoms with Gasteiger partial charge in [0.05, 0.1) is 12.7 Å². The second kappa shape index (κ2) is 6.21. The lowest BCUT2D eigenvalue weighted by Gasteiger charge is -2.23. The Bertz CT molecular complexity index is 333. The number of halogens is 1. The van der Waals surface area contributed by atoms with Crippen LogP contribution in [-0.2, 0) is 0 Å². The first-order valence-electron chi connectivity index (χ1n) is 5.35. The van der Waals surface area contributed by atoms with Crippen molar-refractivity contribution in [3.8, 4) is 0 Å². The van der Waals surface area contributed by atoms with Gasteiger partial charge in [-0.25, -0.2) is 0 Å². The Balaban J connectivity index is 2.66. The summed E-state index contributed by atoms with van der Waals surface area (Å²) in [6.45, 7) is 3.78. The fourth-order valence-electron chi connectivity index (χ4n) is 1.57. The third-order valence-electron chi connectivity index (χ3n) is 2.49. The van der Waals surface area contributed by atoms with Crippen LogP contribution in [0.15, 0.2) is 24.3 Å². The molecule has 0 amide bonds. The summed E-state index contributed by atoms with van der Waals surface area (Å²) in [6, 6.07) is 6.98. The molecule has 0 spiro atoms. The molecule has 1 unspecified atom stereocenters. The summed E-state index contributed by atoms with van der Waals surface area (Å²) in [5.41, 5.74) is 0.776. The fraction of sp³-hybridized carbons (Fsp3) is 0.500. The SMILES string of the molecule is CC(CO)N[C@@H](C)[C@H](O)c1cccc(Cl)c1. The lowest BCUT2D eigenvalue weighted by molar-refractivity contribution is 0.122. The zero-order chi connectivity index (χ0) is 12.1. The van der Waals surface area contributed by atoms with Crippen molar-refractivity contribution in [2.75, 3.05) is 6.61 Å². The minimum atomic E-state index is -0.632. The molecule has 4 heteroatoms. The van der Waals surface area contributed by atoms with Crippen molar-refractivity contribution in [2.24, 2.45) is 0 Å². The van der Waals surface area contributed by atoms with E-state index < -0.39 is 6.10 Å². The van der Waals surface area contributed by atoms with E-state index in [1.165, 1.54) is 0 Å². The molecule has 1 aromatic rings. The Morgan fingerprint density at radius 2 is 2.06 bits per heavy atom. The van der Waals surface area contributed by atoms with E-state index in [2.05, 4.69) is 5.32 Å². The first-order valence-corrected chi connectivity index (χ1v) is 5.73. The van der Waals surface area contributed by atoms with Gasteiger partial charge in [0.2, 0.25) is 0 Å². The second-order valence-electron chi connectivity index (χ2n) is 4.04. The average Bonchev–Trinajstić information content (AvgIpc) is 2.27. The van der Waals surface area contributed by atoms with Gasteiger partial charge in [0.25, 0.3) is 0 Å². The molecule has 3 atom stereocenters. The summed E-state index contributed by atoms with van der Waals surface area (Å²) in [5, 5.41) is 22.7. The Labute approximate surface area is 101 Å². The molecule has 1 rings (SSSR count). The van der Waals surface area contributed by atoms with Crippen LogP contribution in [0.2, 0.25) is 5.02 Å². The summed E-state index contributed by atoms with van der Waals surface area (Å²) >= 11 is 5.86. The van der Waals surface area contributed by atoms with Gasteiger partial charge in [0.1, 0.15) is 0 Å². The third kappa shape index (κ3) is 3.76. The van der Waals surface area contributed by atoms with E-state index in [0.29, 0.717) is 5.02 Å². The van der Waals surface area contributed by atoms with E-state index in [4.69, 9.17) is 16.7 Å². The normalized spacial score (nSPS) is 16.8. The highest BCUT2D eigenvalue weighted by atomic mass is 35.5. The Kier molecular flexibility index (Phi) is 5.22. The molecule has 0 saturated heterocycles. The summed E-state index contributed by atoms with van der Waals surface area (Å²) < 4.78 is 0. The first kappa shape index (κ1) is 13.5. The van der Waals surface area contributed by atoms with Crippen molar-refractivity contribution in [1.29, 1.82) is 0 Å². The highest BCUT2D eigenvalue weighted by Gasteiger charge is 2.17. The van der Waals surface area contributed by atoms with Crippen LogP contribution in [0.4, 0.5) is 0 Å². The minimum Gasteiger partial charge on any atom is -0.395 e. The lowest BCUT2D eigenvalue weighted by Crippen LogP contribution is -2.40. The van der Waals surface area contributed by atoms with E-state index in [-0.39, 0.29) is 18.7 Å². The number of benzene rings is 1. The molecule has 0 aliphatic rings. The van der Waals surface area contributed by atoms with E-state index in [1.54, 1.807) is 12.1 Å². The molecular weight excluding hydrogens is 226 g/mol. The van der Waals surface area contributed by atoms with Crippen LogP contribution in [0, 0.1) is 0 Å². The van der Waals surface area contributed by atoms with Gasteiger partial charge < -0.3 is 15.5 Å². The van der Waals surface area contributed by atoms with Gasteiger partial charge in [-0.3, -0.25) is 0 Å². The van der Waals surface area contributed by atoms with Crippen LogP contribution in [0.5, 0.6) is 0 Å².